The van der Waals surface area contributed by atoms with Crippen LogP contribution in [0.3, 0.4) is 0 Å². The molecule has 6 nitrogen and oxygen atoms in total. The molecule has 1 unspecified atom stereocenters. The van der Waals surface area contributed by atoms with E-state index in [2.05, 4.69) is 10.4 Å². The summed E-state index contributed by atoms with van der Waals surface area (Å²) in [6.07, 6.45) is 4.98. The lowest BCUT2D eigenvalue weighted by atomic mass is 9.98. The van der Waals surface area contributed by atoms with Gasteiger partial charge >= 0.3 is 0 Å². The van der Waals surface area contributed by atoms with Crippen LogP contribution in [0.4, 0.5) is 5.69 Å². The first-order chi connectivity index (χ1) is 8.76. The van der Waals surface area contributed by atoms with Gasteiger partial charge in [0, 0.05) is 32.1 Å². The van der Waals surface area contributed by atoms with Gasteiger partial charge in [-0.3, -0.25) is 15.6 Å². The molecule has 0 radical (unpaired) electrons. The number of anilines is 1. The van der Waals surface area contributed by atoms with Crippen LogP contribution in [0.2, 0.25) is 0 Å². The standard InChI is InChI=1S/C12H18N4O2/c13-15-11-3-4-14-6-10(11)12(18)16-5-1-2-9(7-16)8-17/h3-4,6,9,17H,1-2,5,7-8,13H2,(H,14,15). The lowest BCUT2D eigenvalue weighted by Gasteiger charge is -2.32. The first-order valence-corrected chi connectivity index (χ1v) is 6.07. The fraction of sp³-hybridized carbons (Fsp3) is 0.500. The number of carbonyl (C=O) groups excluding carboxylic acids is 1. The molecular formula is C12H18N4O2. The van der Waals surface area contributed by atoms with Crippen molar-refractivity contribution in [2.24, 2.45) is 11.8 Å². The number of aliphatic hydroxyl groups is 1. The molecule has 4 N–H and O–H groups in total. The molecule has 0 aliphatic carbocycles. The number of likely N-dealkylation sites (tertiary alicyclic amines) is 1. The summed E-state index contributed by atoms with van der Waals surface area (Å²) in [6.45, 7) is 1.43. The van der Waals surface area contributed by atoms with Gasteiger partial charge in [-0.2, -0.15) is 0 Å². The predicted molar refractivity (Wildman–Crippen MR) is 67.8 cm³/mol. The van der Waals surface area contributed by atoms with Crippen LogP contribution in [0.5, 0.6) is 0 Å². The van der Waals surface area contributed by atoms with E-state index in [1.54, 1.807) is 17.2 Å². The molecule has 0 saturated carbocycles. The van der Waals surface area contributed by atoms with Crippen molar-refractivity contribution in [3.05, 3.63) is 24.0 Å². The quantitative estimate of drug-likeness (QED) is 0.527. The van der Waals surface area contributed by atoms with Crippen LogP contribution >= 0.6 is 0 Å². The Balaban J connectivity index is 2.15. The van der Waals surface area contributed by atoms with Gasteiger partial charge in [0.2, 0.25) is 0 Å². The predicted octanol–water partition coefficient (Wildman–Crippen LogP) is 0.212. The van der Waals surface area contributed by atoms with Crippen LogP contribution in [0, 0.1) is 5.92 Å². The number of nitrogens with one attached hydrogen (secondary N) is 1. The van der Waals surface area contributed by atoms with E-state index < -0.39 is 0 Å². The van der Waals surface area contributed by atoms with Crippen molar-refractivity contribution in [2.75, 3.05) is 25.1 Å². The molecule has 98 valence electrons. The zero-order valence-electron chi connectivity index (χ0n) is 10.2. The Morgan fingerprint density at radius 2 is 2.50 bits per heavy atom. The number of carbonyl (C=O) groups is 1. The van der Waals surface area contributed by atoms with Crippen LogP contribution in [-0.4, -0.2) is 40.6 Å². The number of nitrogens with zero attached hydrogens (tertiary/aromatic N) is 2. The van der Waals surface area contributed by atoms with Crippen molar-refractivity contribution in [1.82, 2.24) is 9.88 Å². The minimum atomic E-state index is -0.0887. The van der Waals surface area contributed by atoms with Gasteiger partial charge in [0.25, 0.3) is 5.91 Å². The third-order valence-corrected chi connectivity index (χ3v) is 3.27. The number of hydrazine groups is 1. The topological polar surface area (TPSA) is 91.5 Å². The number of nitrogens with two attached hydrogens (primary N) is 1. The highest BCUT2D eigenvalue weighted by atomic mass is 16.3. The van der Waals surface area contributed by atoms with E-state index >= 15 is 0 Å². The fourth-order valence-electron chi connectivity index (χ4n) is 2.26. The van der Waals surface area contributed by atoms with Crippen molar-refractivity contribution in [3.8, 4) is 0 Å². The summed E-state index contributed by atoms with van der Waals surface area (Å²) in [5.41, 5.74) is 3.55. The third-order valence-electron chi connectivity index (χ3n) is 3.27. The first kappa shape index (κ1) is 12.8. The highest BCUT2D eigenvalue weighted by Gasteiger charge is 2.25. The van der Waals surface area contributed by atoms with Gasteiger partial charge in [0.1, 0.15) is 0 Å². The Hall–Kier alpha value is -1.66. The zero-order valence-corrected chi connectivity index (χ0v) is 10.2. The summed E-state index contributed by atoms with van der Waals surface area (Å²) in [5, 5.41) is 9.18. The minimum absolute atomic E-state index is 0.0887. The van der Waals surface area contributed by atoms with Crippen molar-refractivity contribution in [2.45, 2.75) is 12.8 Å². The average Bonchev–Trinajstić information content (AvgIpc) is 2.46. The van der Waals surface area contributed by atoms with Crippen molar-refractivity contribution in [1.29, 1.82) is 0 Å². The van der Waals surface area contributed by atoms with Gasteiger partial charge < -0.3 is 15.4 Å². The minimum Gasteiger partial charge on any atom is -0.396 e. The molecule has 1 aromatic heterocycles. The van der Waals surface area contributed by atoms with Crippen molar-refractivity contribution in [3.63, 3.8) is 0 Å². The normalized spacial score (nSPS) is 19.7. The number of hydrogen-bond donors (Lipinski definition) is 3. The van der Waals surface area contributed by atoms with E-state index in [0.717, 1.165) is 12.8 Å². The third kappa shape index (κ3) is 2.60. The maximum absolute atomic E-state index is 12.3. The number of aromatic nitrogens is 1. The lowest BCUT2D eigenvalue weighted by Crippen LogP contribution is -2.41. The maximum atomic E-state index is 12.3. The van der Waals surface area contributed by atoms with E-state index in [1.807, 2.05) is 0 Å². The summed E-state index contributed by atoms with van der Waals surface area (Å²) < 4.78 is 0. The zero-order chi connectivity index (χ0) is 13.0. The second-order valence-corrected chi connectivity index (χ2v) is 4.51. The Bertz CT molecular complexity index is 424. The number of nitrogen functional groups attached to an aromatic ring is 1. The number of amides is 1. The molecular weight excluding hydrogens is 232 g/mol. The smallest absolute Gasteiger partial charge is 0.257 e. The Labute approximate surface area is 106 Å². The molecule has 0 bridgehead atoms. The van der Waals surface area contributed by atoms with Crippen LogP contribution in [0.1, 0.15) is 23.2 Å². The van der Waals surface area contributed by atoms with Gasteiger partial charge in [-0.1, -0.05) is 0 Å². The molecule has 1 aliphatic heterocycles. The first-order valence-electron chi connectivity index (χ1n) is 6.07. The van der Waals surface area contributed by atoms with E-state index in [-0.39, 0.29) is 18.4 Å². The number of piperidine rings is 1. The highest BCUT2D eigenvalue weighted by Crippen LogP contribution is 2.20. The van der Waals surface area contributed by atoms with E-state index in [4.69, 9.17) is 5.84 Å². The van der Waals surface area contributed by atoms with E-state index in [1.165, 1.54) is 6.20 Å². The lowest BCUT2D eigenvalue weighted by molar-refractivity contribution is 0.0621. The number of rotatable bonds is 3. The maximum Gasteiger partial charge on any atom is 0.257 e. The monoisotopic (exact) mass is 250 g/mol. The van der Waals surface area contributed by atoms with Gasteiger partial charge in [0.15, 0.2) is 0 Å². The Morgan fingerprint density at radius 1 is 1.67 bits per heavy atom. The van der Waals surface area contributed by atoms with Gasteiger partial charge in [-0.15, -0.1) is 0 Å². The highest BCUT2D eigenvalue weighted by molar-refractivity contribution is 5.99. The fourth-order valence-corrected chi connectivity index (χ4v) is 2.26. The second kappa shape index (κ2) is 5.79. The van der Waals surface area contributed by atoms with E-state index in [9.17, 15) is 9.90 Å². The molecule has 1 aliphatic rings. The molecule has 6 heteroatoms. The molecule has 1 aromatic rings. The summed E-state index contributed by atoms with van der Waals surface area (Å²) in [6, 6.07) is 1.67. The summed E-state index contributed by atoms with van der Waals surface area (Å²) in [7, 11) is 0. The van der Waals surface area contributed by atoms with Crippen molar-refractivity contribution >= 4 is 11.6 Å². The van der Waals surface area contributed by atoms with Crippen molar-refractivity contribution < 1.29 is 9.90 Å². The molecule has 0 aromatic carbocycles. The molecule has 2 rings (SSSR count). The van der Waals surface area contributed by atoms with Crippen LogP contribution in [0.25, 0.3) is 0 Å². The molecule has 2 heterocycles. The SMILES string of the molecule is NNc1ccncc1C(=O)N1CCCC(CO)C1. The van der Waals surface area contributed by atoms with Crippen LogP contribution in [0.15, 0.2) is 18.5 Å². The summed E-state index contributed by atoms with van der Waals surface area (Å²) >= 11 is 0. The van der Waals surface area contributed by atoms with Crippen LogP contribution in [-0.2, 0) is 0 Å². The van der Waals surface area contributed by atoms with Gasteiger partial charge in [0.05, 0.1) is 11.3 Å². The van der Waals surface area contributed by atoms with E-state index in [0.29, 0.717) is 24.3 Å². The molecule has 1 atom stereocenters. The molecule has 1 amide bonds. The second-order valence-electron chi connectivity index (χ2n) is 4.51. The average molecular weight is 250 g/mol. The summed E-state index contributed by atoms with van der Waals surface area (Å²) in [4.78, 5) is 18.1. The molecule has 0 spiro atoms. The number of hydrogen-bond acceptors (Lipinski definition) is 5. The molecule has 1 saturated heterocycles. The van der Waals surface area contributed by atoms with Gasteiger partial charge in [-0.05, 0) is 24.8 Å². The number of aliphatic hydroxyl groups excluding tert-OH is 1. The Morgan fingerprint density at radius 3 is 3.22 bits per heavy atom. The molecule has 1 fully saturated rings. The Kier molecular flexibility index (Phi) is 4.11. The molecule has 18 heavy (non-hydrogen) atoms. The van der Waals surface area contributed by atoms with Gasteiger partial charge in [-0.25, -0.2) is 0 Å². The van der Waals surface area contributed by atoms with Crippen LogP contribution < -0.4 is 11.3 Å². The summed E-state index contributed by atoms with van der Waals surface area (Å²) in [5.74, 6) is 5.47. The largest absolute Gasteiger partial charge is 0.396 e. The number of pyridine rings is 1.